The highest BCUT2D eigenvalue weighted by atomic mass is 16.5. The Morgan fingerprint density at radius 2 is 2.00 bits per heavy atom. The molecule has 0 aromatic rings. The molecule has 0 aromatic heterocycles. The van der Waals surface area contributed by atoms with Crippen LogP contribution >= 0.6 is 0 Å². The second-order valence-electron chi connectivity index (χ2n) is 3.24. The van der Waals surface area contributed by atoms with Crippen LogP contribution in [-0.4, -0.2) is 48.7 Å². The molecule has 0 saturated heterocycles. The number of rotatable bonds is 6. The lowest BCUT2D eigenvalue weighted by Crippen LogP contribution is -2.23. The average Bonchev–Trinajstić information content (AvgIpc) is 2.11. The normalized spacial score (nSPS) is 12.2. The number of carbonyl (C=O) groups is 2. The molecule has 0 fully saturated rings. The van der Waals surface area contributed by atoms with E-state index < -0.39 is 12.1 Å². The van der Waals surface area contributed by atoms with Crippen molar-refractivity contribution in [3.8, 4) is 0 Å². The lowest BCUT2D eigenvalue weighted by molar-refractivity contribution is -0.149. The number of nitrogens with zero attached hydrogens (tertiary/aromatic N) is 1. The highest BCUT2D eigenvalue weighted by Gasteiger charge is 2.10. The van der Waals surface area contributed by atoms with Gasteiger partial charge in [0.05, 0.1) is 0 Å². The predicted octanol–water partition coefficient (Wildman–Crippen LogP) is 0.344. The first kappa shape index (κ1) is 12.9. The van der Waals surface area contributed by atoms with Gasteiger partial charge in [-0.05, 0) is 13.3 Å². The summed E-state index contributed by atoms with van der Waals surface area (Å²) in [5.41, 5.74) is 0. The fraction of sp³-hybridized carbons (Fsp3) is 0.778. The first-order chi connectivity index (χ1) is 6.45. The van der Waals surface area contributed by atoms with Crippen molar-refractivity contribution in [2.24, 2.45) is 0 Å². The van der Waals surface area contributed by atoms with Crippen molar-refractivity contribution >= 4 is 11.9 Å². The fourth-order valence-electron chi connectivity index (χ4n) is 0.778. The highest BCUT2D eigenvalue weighted by molar-refractivity contribution is 5.75. The van der Waals surface area contributed by atoms with Crippen LogP contribution in [0.5, 0.6) is 0 Å². The van der Waals surface area contributed by atoms with Crippen LogP contribution in [-0.2, 0) is 14.3 Å². The van der Waals surface area contributed by atoms with Gasteiger partial charge < -0.3 is 14.7 Å². The summed E-state index contributed by atoms with van der Waals surface area (Å²) in [4.78, 5) is 22.9. The average molecular weight is 203 g/mol. The number of amides is 1. The summed E-state index contributed by atoms with van der Waals surface area (Å²) in [6, 6.07) is 0. The van der Waals surface area contributed by atoms with Gasteiger partial charge >= 0.3 is 5.97 Å². The van der Waals surface area contributed by atoms with Crippen LogP contribution in [0.2, 0.25) is 0 Å². The SMILES string of the molecule is C[C@H](OCCCC(=O)N(C)C)C(=O)O. The molecule has 0 aliphatic rings. The van der Waals surface area contributed by atoms with E-state index in [4.69, 9.17) is 9.84 Å². The van der Waals surface area contributed by atoms with Gasteiger partial charge in [0.25, 0.3) is 0 Å². The van der Waals surface area contributed by atoms with Crippen molar-refractivity contribution in [2.75, 3.05) is 20.7 Å². The molecule has 0 aromatic carbocycles. The Hall–Kier alpha value is -1.10. The maximum atomic E-state index is 11.1. The van der Waals surface area contributed by atoms with Crippen molar-refractivity contribution in [3.63, 3.8) is 0 Å². The minimum Gasteiger partial charge on any atom is -0.479 e. The number of hydrogen-bond acceptors (Lipinski definition) is 3. The van der Waals surface area contributed by atoms with E-state index in [0.717, 1.165) is 0 Å². The summed E-state index contributed by atoms with van der Waals surface area (Å²) < 4.78 is 4.96. The molecule has 0 aliphatic carbocycles. The first-order valence-corrected chi connectivity index (χ1v) is 4.49. The zero-order valence-corrected chi connectivity index (χ0v) is 8.82. The number of aliphatic carboxylic acids is 1. The molecule has 0 rings (SSSR count). The largest absolute Gasteiger partial charge is 0.479 e. The third kappa shape index (κ3) is 5.53. The molecule has 0 saturated carbocycles. The van der Waals surface area contributed by atoms with Gasteiger partial charge in [0.2, 0.25) is 5.91 Å². The van der Waals surface area contributed by atoms with Gasteiger partial charge in [-0.25, -0.2) is 4.79 Å². The van der Waals surface area contributed by atoms with Crippen LogP contribution in [0.3, 0.4) is 0 Å². The summed E-state index contributed by atoms with van der Waals surface area (Å²) >= 11 is 0. The number of carboxylic acid groups (broad SMARTS) is 1. The summed E-state index contributed by atoms with van der Waals surface area (Å²) in [5, 5.41) is 8.48. The predicted molar refractivity (Wildman–Crippen MR) is 51.0 cm³/mol. The molecule has 5 nitrogen and oxygen atoms in total. The van der Waals surface area contributed by atoms with E-state index >= 15 is 0 Å². The Balaban J connectivity index is 3.47. The fourth-order valence-corrected chi connectivity index (χ4v) is 0.778. The van der Waals surface area contributed by atoms with Gasteiger partial charge in [-0.3, -0.25) is 4.79 Å². The Bertz CT molecular complexity index is 203. The quantitative estimate of drug-likeness (QED) is 0.632. The zero-order valence-electron chi connectivity index (χ0n) is 8.82. The molecular weight excluding hydrogens is 186 g/mol. The molecule has 1 amide bonds. The van der Waals surface area contributed by atoms with Crippen LogP contribution in [0.25, 0.3) is 0 Å². The molecule has 5 heteroatoms. The molecule has 14 heavy (non-hydrogen) atoms. The van der Waals surface area contributed by atoms with E-state index in [9.17, 15) is 9.59 Å². The van der Waals surface area contributed by atoms with Gasteiger partial charge in [0.1, 0.15) is 0 Å². The van der Waals surface area contributed by atoms with Crippen molar-refractivity contribution in [1.82, 2.24) is 4.90 Å². The van der Waals surface area contributed by atoms with E-state index in [1.807, 2.05) is 0 Å². The summed E-state index contributed by atoms with van der Waals surface area (Å²) in [6.45, 7) is 1.77. The zero-order chi connectivity index (χ0) is 11.1. The van der Waals surface area contributed by atoms with Gasteiger partial charge in [0, 0.05) is 27.1 Å². The molecule has 1 N–H and O–H groups in total. The van der Waals surface area contributed by atoms with E-state index in [1.54, 1.807) is 14.1 Å². The second-order valence-corrected chi connectivity index (χ2v) is 3.24. The van der Waals surface area contributed by atoms with Crippen LogP contribution < -0.4 is 0 Å². The Morgan fingerprint density at radius 1 is 1.43 bits per heavy atom. The molecule has 0 unspecified atom stereocenters. The summed E-state index contributed by atoms with van der Waals surface area (Å²) in [7, 11) is 3.37. The molecule has 0 radical (unpaired) electrons. The molecular formula is C9H17NO4. The van der Waals surface area contributed by atoms with Crippen LogP contribution in [0, 0.1) is 0 Å². The maximum absolute atomic E-state index is 11.1. The van der Waals surface area contributed by atoms with Gasteiger partial charge in [-0.15, -0.1) is 0 Å². The highest BCUT2D eigenvalue weighted by Crippen LogP contribution is 1.97. The second kappa shape index (κ2) is 6.37. The monoisotopic (exact) mass is 203 g/mol. The number of carbonyl (C=O) groups excluding carboxylic acids is 1. The Kier molecular flexibility index (Phi) is 5.87. The Morgan fingerprint density at radius 3 is 2.43 bits per heavy atom. The summed E-state index contributed by atoms with van der Waals surface area (Å²) in [6.07, 6.45) is 0.137. The van der Waals surface area contributed by atoms with Crippen LogP contribution in [0.1, 0.15) is 19.8 Å². The first-order valence-electron chi connectivity index (χ1n) is 4.49. The molecule has 82 valence electrons. The van der Waals surface area contributed by atoms with Gasteiger partial charge in [-0.2, -0.15) is 0 Å². The van der Waals surface area contributed by atoms with Gasteiger partial charge in [-0.1, -0.05) is 0 Å². The van der Waals surface area contributed by atoms with Gasteiger partial charge in [0.15, 0.2) is 6.10 Å². The lowest BCUT2D eigenvalue weighted by Gasteiger charge is -2.11. The summed E-state index contributed by atoms with van der Waals surface area (Å²) in [5.74, 6) is -0.958. The lowest BCUT2D eigenvalue weighted by atomic mass is 10.3. The third-order valence-corrected chi connectivity index (χ3v) is 1.75. The Labute approximate surface area is 83.6 Å². The van der Waals surface area contributed by atoms with Crippen molar-refractivity contribution in [1.29, 1.82) is 0 Å². The van der Waals surface area contributed by atoms with Crippen molar-refractivity contribution in [3.05, 3.63) is 0 Å². The van der Waals surface area contributed by atoms with Crippen molar-refractivity contribution in [2.45, 2.75) is 25.9 Å². The third-order valence-electron chi connectivity index (χ3n) is 1.75. The minimum absolute atomic E-state index is 0.0246. The van der Waals surface area contributed by atoms with E-state index in [1.165, 1.54) is 11.8 Å². The number of ether oxygens (including phenoxy) is 1. The van der Waals surface area contributed by atoms with Crippen molar-refractivity contribution < 1.29 is 19.4 Å². The van der Waals surface area contributed by atoms with E-state index in [2.05, 4.69) is 0 Å². The van der Waals surface area contributed by atoms with E-state index in [-0.39, 0.29) is 5.91 Å². The topological polar surface area (TPSA) is 66.8 Å². The number of carboxylic acids is 1. The van der Waals surface area contributed by atoms with Crippen LogP contribution in [0.15, 0.2) is 0 Å². The molecule has 0 spiro atoms. The van der Waals surface area contributed by atoms with E-state index in [0.29, 0.717) is 19.4 Å². The smallest absolute Gasteiger partial charge is 0.332 e. The standard InChI is InChI=1S/C9H17NO4/c1-7(9(12)13)14-6-4-5-8(11)10(2)3/h7H,4-6H2,1-3H3,(H,12,13)/t7-/m0/s1. The minimum atomic E-state index is -0.982. The molecule has 1 atom stereocenters. The molecule has 0 aliphatic heterocycles. The maximum Gasteiger partial charge on any atom is 0.332 e. The molecule has 0 bridgehead atoms. The molecule has 0 heterocycles. The van der Waals surface area contributed by atoms with Crippen LogP contribution in [0.4, 0.5) is 0 Å². The number of hydrogen-bond donors (Lipinski definition) is 1.